The topological polar surface area (TPSA) is 66.4 Å². The number of carboxylic acid groups (broad SMARTS) is 1. The normalized spacial score (nSPS) is 23.1. The molecule has 104 valence electrons. The number of halogens is 1. The highest BCUT2D eigenvalue weighted by atomic mass is 79.9. The minimum absolute atomic E-state index is 0.0245. The van der Waals surface area contributed by atoms with Crippen molar-refractivity contribution in [1.29, 1.82) is 0 Å². The predicted octanol–water partition coefficient (Wildman–Crippen LogP) is 3.19. The third kappa shape index (κ3) is 3.57. The lowest BCUT2D eigenvalue weighted by Crippen LogP contribution is -2.39. The number of hydrogen-bond acceptors (Lipinski definition) is 3. The Kier molecular flexibility index (Phi) is 4.62. The van der Waals surface area contributed by atoms with E-state index in [4.69, 9.17) is 5.11 Å². The first-order valence-corrected chi connectivity index (χ1v) is 7.88. The Labute approximate surface area is 124 Å². The van der Waals surface area contributed by atoms with E-state index in [0.717, 1.165) is 22.2 Å². The van der Waals surface area contributed by atoms with Crippen LogP contribution in [0.4, 0.5) is 0 Å². The van der Waals surface area contributed by atoms with Gasteiger partial charge in [0, 0.05) is 6.04 Å². The van der Waals surface area contributed by atoms with Crippen LogP contribution in [0.5, 0.6) is 0 Å². The van der Waals surface area contributed by atoms with Gasteiger partial charge in [0.1, 0.15) is 0 Å². The summed E-state index contributed by atoms with van der Waals surface area (Å²) >= 11 is 4.81. The monoisotopic (exact) mass is 345 g/mol. The van der Waals surface area contributed by atoms with E-state index in [1.807, 2.05) is 13.0 Å². The molecule has 1 aromatic heterocycles. The zero-order valence-electron chi connectivity index (χ0n) is 10.6. The molecule has 0 aromatic carbocycles. The third-order valence-corrected chi connectivity index (χ3v) is 5.58. The number of carbonyl (C=O) groups is 2. The molecule has 2 atom stereocenters. The summed E-state index contributed by atoms with van der Waals surface area (Å²) in [7, 11) is 0. The molecule has 0 saturated heterocycles. The smallest absolute Gasteiger partial charge is 0.306 e. The Balaban J connectivity index is 1.97. The second kappa shape index (κ2) is 6.05. The zero-order valence-corrected chi connectivity index (χ0v) is 13.0. The molecule has 0 bridgehead atoms. The summed E-state index contributed by atoms with van der Waals surface area (Å²) in [5.41, 5.74) is 1.04. The lowest BCUT2D eigenvalue weighted by Gasteiger charge is -2.27. The van der Waals surface area contributed by atoms with Gasteiger partial charge in [0.05, 0.1) is 14.6 Å². The maximum Gasteiger partial charge on any atom is 0.306 e. The Hall–Kier alpha value is -0.880. The molecule has 2 rings (SSSR count). The van der Waals surface area contributed by atoms with Crippen LogP contribution >= 0.6 is 27.3 Å². The van der Waals surface area contributed by atoms with Crippen molar-refractivity contribution in [2.75, 3.05) is 0 Å². The van der Waals surface area contributed by atoms with Crippen LogP contribution in [0.2, 0.25) is 0 Å². The van der Waals surface area contributed by atoms with Gasteiger partial charge in [-0.25, -0.2) is 0 Å². The van der Waals surface area contributed by atoms with Crippen LogP contribution in [0.15, 0.2) is 9.85 Å². The van der Waals surface area contributed by atoms with Crippen LogP contribution in [-0.2, 0) is 4.79 Å². The van der Waals surface area contributed by atoms with Gasteiger partial charge in [-0.2, -0.15) is 0 Å². The molecule has 2 N–H and O–H groups in total. The lowest BCUT2D eigenvalue weighted by atomic mass is 9.86. The molecule has 2 unspecified atom stereocenters. The summed E-state index contributed by atoms with van der Waals surface area (Å²) in [6.45, 7) is 1.94. The van der Waals surface area contributed by atoms with E-state index in [9.17, 15) is 9.59 Å². The van der Waals surface area contributed by atoms with E-state index >= 15 is 0 Å². The number of hydrogen-bond donors (Lipinski definition) is 2. The molecule has 0 spiro atoms. The van der Waals surface area contributed by atoms with E-state index in [2.05, 4.69) is 21.2 Å². The molecule has 1 saturated carbocycles. The first-order valence-electron chi connectivity index (χ1n) is 6.27. The number of amides is 1. The second-order valence-corrected chi connectivity index (χ2v) is 7.31. The highest BCUT2D eigenvalue weighted by molar-refractivity contribution is 9.11. The first-order chi connectivity index (χ1) is 8.97. The number of nitrogens with one attached hydrogen (secondary N) is 1. The van der Waals surface area contributed by atoms with Crippen LogP contribution < -0.4 is 5.32 Å². The van der Waals surface area contributed by atoms with Crippen molar-refractivity contribution in [3.63, 3.8) is 0 Å². The Morgan fingerprint density at radius 2 is 2.21 bits per heavy atom. The summed E-state index contributed by atoms with van der Waals surface area (Å²) in [5, 5.41) is 12.0. The average Bonchev–Trinajstić information content (AvgIpc) is 2.70. The van der Waals surface area contributed by atoms with Crippen LogP contribution in [-0.4, -0.2) is 23.0 Å². The highest BCUT2D eigenvalue weighted by Gasteiger charge is 2.28. The Bertz CT molecular complexity index is 481. The van der Waals surface area contributed by atoms with E-state index in [1.54, 1.807) is 0 Å². The molecule has 1 heterocycles. The second-order valence-electron chi connectivity index (χ2n) is 4.94. The number of carbonyl (C=O) groups excluding carboxylic acids is 1. The molecule has 1 amide bonds. The molecule has 0 radical (unpaired) electrons. The molecule has 6 heteroatoms. The maximum absolute atomic E-state index is 12.1. The van der Waals surface area contributed by atoms with Crippen LogP contribution in [0.1, 0.15) is 40.9 Å². The van der Waals surface area contributed by atoms with Crippen molar-refractivity contribution in [1.82, 2.24) is 5.32 Å². The van der Waals surface area contributed by atoms with E-state index in [0.29, 0.717) is 17.7 Å². The summed E-state index contributed by atoms with van der Waals surface area (Å²) in [5.74, 6) is -1.18. The maximum atomic E-state index is 12.1. The molecule has 1 aliphatic carbocycles. The summed E-state index contributed by atoms with van der Waals surface area (Å²) in [6.07, 6.45) is 2.97. The van der Waals surface area contributed by atoms with Gasteiger partial charge in [0.25, 0.3) is 5.91 Å². The minimum atomic E-state index is -0.756. The van der Waals surface area contributed by atoms with Gasteiger partial charge in [-0.05, 0) is 53.7 Å². The fourth-order valence-electron chi connectivity index (χ4n) is 2.37. The Morgan fingerprint density at radius 1 is 1.47 bits per heavy atom. The molecule has 1 aliphatic rings. The van der Waals surface area contributed by atoms with Crippen molar-refractivity contribution in [3.05, 3.63) is 20.3 Å². The molecule has 1 aromatic rings. The van der Waals surface area contributed by atoms with Crippen molar-refractivity contribution in [3.8, 4) is 0 Å². The molecule has 1 fully saturated rings. The van der Waals surface area contributed by atoms with Crippen LogP contribution in [0.3, 0.4) is 0 Å². The number of carboxylic acids is 1. The zero-order chi connectivity index (χ0) is 14.0. The number of aliphatic carboxylic acids is 1. The summed E-state index contributed by atoms with van der Waals surface area (Å²) in [6, 6.07) is 1.82. The fourth-order valence-corrected chi connectivity index (χ4v) is 3.81. The number of thiophene rings is 1. The van der Waals surface area contributed by atoms with Crippen LogP contribution in [0.25, 0.3) is 0 Å². The first kappa shape index (κ1) is 14.5. The lowest BCUT2D eigenvalue weighted by molar-refractivity contribution is -0.143. The van der Waals surface area contributed by atoms with Crippen molar-refractivity contribution < 1.29 is 14.7 Å². The van der Waals surface area contributed by atoms with Gasteiger partial charge in [-0.1, -0.05) is 6.42 Å². The predicted molar refractivity (Wildman–Crippen MR) is 77.6 cm³/mol. The fraction of sp³-hybridized carbons (Fsp3) is 0.538. The molecule has 19 heavy (non-hydrogen) atoms. The molecular weight excluding hydrogens is 330 g/mol. The molecular formula is C13H16BrNO3S. The van der Waals surface area contributed by atoms with Gasteiger partial charge in [0.15, 0.2) is 0 Å². The number of aryl methyl sites for hydroxylation is 1. The van der Waals surface area contributed by atoms with E-state index < -0.39 is 5.97 Å². The third-order valence-electron chi connectivity index (χ3n) is 3.44. The number of rotatable bonds is 3. The van der Waals surface area contributed by atoms with Crippen molar-refractivity contribution >= 4 is 39.1 Å². The van der Waals surface area contributed by atoms with Gasteiger partial charge >= 0.3 is 5.97 Å². The standard InChI is InChI=1S/C13H16BrNO3S/c1-7-5-10(19-11(7)14)12(16)15-9-4-2-3-8(6-9)13(17)18/h5,8-9H,2-4,6H2,1H3,(H,15,16)(H,17,18). The van der Waals surface area contributed by atoms with Gasteiger partial charge in [-0.3, -0.25) is 9.59 Å². The largest absolute Gasteiger partial charge is 0.481 e. The quantitative estimate of drug-likeness (QED) is 0.883. The Morgan fingerprint density at radius 3 is 2.79 bits per heavy atom. The summed E-state index contributed by atoms with van der Waals surface area (Å²) in [4.78, 5) is 23.7. The van der Waals surface area contributed by atoms with Gasteiger partial charge in [0.2, 0.25) is 0 Å². The average molecular weight is 346 g/mol. The molecule has 4 nitrogen and oxygen atoms in total. The van der Waals surface area contributed by atoms with Crippen molar-refractivity contribution in [2.45, 2.75) is 38.6 Å². The highest BCUT2D eigenvalue weighted by Crippen LogP contribution is 2.28. The SMILES string of the molecule is Cc1cc(C(=O)NC2CCCC(C(=O)O)C2)sc1Br. The van der Waals surface area contributed by atoms with Gasteiger partial charge < -0.3 is 10.4 Å². The van der Waals surface area contributed by atoms with Crippen molar-refractivity contribution in [2.24, 2.45) is 5.92 Å². The summed E-state index contributed by atoms with van der Waals surface area (Å²) < 4.78 is 0.963. The molecule has 0 aliphatic heterocycles. The van der Waals surface area contributed by atoms with Crippen LogP contribution in [0, 0.1) is 12.8 Å². The van der Waals surface area contributed by atoms with E-state index in [1.165, 1.54) is 11.3 Å². The van der Waals surface area contributed by atoms with E-state index in [-0.39, 0.29) is 17.9 Å². The minimum Gasteiger partial charge on any atom is -0.481 e. The van der Waals surface area contributed by atoms with Gasteiger partial charge in [-0.15, -0.1) is 11.3 Å².